The first-order chi connectivity index (χ1) is 5.34. The van der Waals surface area contributed by atoms with E-state index in [1.807, 2.05) is 23.3 Å². The molecule has 0 radical (unpaired) electrons. The minimum Gasteiger partial charge on any atom is -0.305 e. The van der Waals surface area contributed by atoms with E-state index in [1.54, 1.807) is 4.57 Å². The van der Waals surface area contributed by atoms with Crippen molar-refractivity contribution in [2.45, 2.75) is 13.5 Å². The van der Waals surface area contributed by atoms with E-state index in [1.165, 1.54) is 11.3 Å². The fourth-order valence-electron chi connectivity index (χ4n) is 0.764. The first kappa shape index (κ1) is 8.87. The Morgan fingerprint density at radius 2 is 2.55 bits per heavy atom. The quantitative estimate of drug-likeness (QED) is 0.672. The van der Waals surface area contributed by atoms with Crippen molar-refractivity contribution >= 4 is 23.1 Å². The van der Waals surface area contributed by atoms with Gasteiger partial charge in [0, 0.05) is 23.9 Å². The Bertz CT molecular complexity index is 253. The predicted molar refractivity (Wildman–Crippen MR) is 51.6 cm³/mol. The summed E-state index contributed by atoms with van der Waals surface area (Å²) >= 11 is 3.12. The molecule has 1 rings (SSSR count). The highest BCUT2D eigenvalue weighted by molar-refractivity contribution is 7.99. The number of aryl methyl sites for hydroxylation is 1. The number of hydrogen-bond acceptors (Lipinski definition) is 3. The molecule has 0 saturated carbocycles. The minimum atomic E-state index is 0.154. The van der Waals surface area contributed by atoms with Crippen LogP contribution in [0.3, 0.4) is 0 Å². The smallest absolute Gasteiger partial charge is 0.305 e. The summed E-state index contributed by atoms with van der Waals surface area (Å²) in [6, 6.07) is 0. The zero-order valence-electron chi connectivity index (χ0n) is 6.45. The van der Waals surface area contributed by atoms with Crippen LogP contribution in [0.5, 0.6) is 0 Å². The maximum Gasteiger partial charge on any atom is 0.307 e. The van der Waals surface area contributed by atoms with Crippen molar-refractivity contribution in [3.05, 3.63) is 21.2 Å². The van der Waals surface area contributed by atoms with E-state index >= 15 is 0 Å². The molecule has 0 atom stereocenters. The van der Waals surface area contributed by atoms with Gasteiger partial charge in [-0.2, -0.15) is 11.8 Å². The molecule has 0 aromatic carbocycles. The summed E-state index contributed by atoms with van der Waals surface area (Å²) in [5.41, 5.74) is 0. The summed E-state index contributed by atoms with van der Waals surface area (Å²) in [6.45, 7) is 2.97. The van der Waals surface area contributed by atoms with E-state index in [4.69, 9.17) is 0 Å². The standard InChI is InChI=1S/C7H11NOS2/c1-2-10-5-3-8-4-6-11-7(8)9/h4,6H,2-3,5H2,1H3. The van der Waals surface area contributed by atoms with Gasteiger partial charge in [0.05, 0.1) is 0 Å². The van der Waals surface area contributed by atoms with Crippen molar-refractivity contribution in [1.82, 2.24) is 4.57 Å². The largest absolute Gasteiger partial charge is 0.307 e. The predicted octanol–water partition coefficient (Wildman–Crippen LogP) is 1.66. The summed E-state index contributed by atoms with van der Waals surface area (Å²) in [7, 11) is 0. The fraction of sp³-hybridized carbons (Fsp3) is 0.571. The van der Waals surface area contributed by atoms with Crippen LogP contribution in [-0.2, 0) is 6.54 Å². The van der Waals surface area contributed by atoms with Crippen LogP contribution in [0, 0.1) is 0 Å². The molecule has 1 aromatic heterocycles. The molecule has 0 aliphatic carbocycles. The van der Waals surface area contributed by atoms with Gasteiger partial charge in [0.1, 0.15) is 0 Å². The molecule has 0 unspecified atom stereocenters. The molecule has 0 fully saturated rings. The Balaban J connectivity index is 2.39. The Morgan fingerprint density at radius 1 is 1.73 bits per heavy atom. The van der Waals surface area contributed by atoms with E-state index in [-0.39, 0.29) is 4.87 Å². The molecule has 4 heteroatoms. The molecule has 0 saturated heterocycles. The number of aromatic nitrogens is 1. The van der Waals surface area contributed by atoms with Crippen LogP contribution in [0.4, 0.5) is 0 Å². The third kappa shape index (κ3) is 2.71. The van der Waals surface area contributed by atoms with E-state index in [0.29, 0.717) is 0 Å². The van der Waals surface area contributed by atoms with Gasteiger partial charge < -0.3 is 4.57 Å². The van der Waals surface area contributed by atoms with Crippen LogP contribution in [0.1, 0.15) is 6.92 Å². The summed E-state index contributed by atoms with van der Waals surface area (Å²) in [6.07, 6.45) is 1.85. The van der Waals surface area contributed by atoms with Gasteiger partial charge in [0.15, 0.2) is 0 Å². The van der Waals surface area contributed by atoms with Crippen LogP contribution in [0.15, 0.2) is 16.4 Å². The average Bonchev–Trinajstić information content (AvgIpc) is 2.37. The van der Waals surface area contributed by atoms with Gasteiger partial charge in [-0.1, -0.05) is 18.3 Å². The Morgan fingerprint density at radius 3 is 3.09 bits per heavy atom. The molecule has 0 spiro atoms. The molecule has 11 heavy (non-hydrogen) atoms. The van der Waals surface area contributed by atoms with Crippen LogP contribution in [0.2, 0.25) is 0 Å². The minimum absolute atomic E-state index is 0.154. The Kier molecular flexibility index (Phi) is 3.72. The van der Waals surface area contributed by atoms with Gasteiger partial charge in [0.25, 0.3) is 0 Å². The van der Waals surface area contributed by atoms with Gasteiger partial charge in [-0.25, -0.2) is 0 Å². The summed E-state index contributed by atoms with van der Waals surface area (Å²) in [5, 5.41) is 1.83. The summed E-state index contributed by atoms with van der Waals surface area (Å²) in [4.78, 5) is 11.1. The molecular formula is C7H11NOS2. The van der Waals surface area contributed by atoms with E-state index in [2.05, 4.69) is 6.92 Å². The van der Waals surface area contributed by atoms with E-state index in [0.717, 1.165) is 18.1 Å². The normalized spacial score (nSPS) is 10.3. The third-order valence-corrected chi connectivity index (χ3v) is 2.90. The molecule has 1 heterocycles. The van der Waals surface area contributed by atoms with Gasteiger partial charge in [0.2, 0.25) is 0 Å². The van der Waals surface area contributed by atoms with E-state index in [9.17, 15) is 4.79 Å². The molecule has 1 aromatic rings. The SMILES string of the molecule is CCSCCn1ccsc1=O. The molecule has 0 aliphatic rings. The zero-order chi connectivity index (χ0) is 8.10. The molecule has 0 amide bonds. The van der Waals surface area contributed by atoms with Crippen LogP contribution in [-0.4, -0.2) is 16.1 Å². The molecular weight excluding hydrogens is 178 g/mol. The third-order valence-electron chi connectivity index (χ3n) is 1.32. The lowest BCUT2D eigenvalue weighted by Gasteiger charge is -1.97. The Labute approximate surface area is 74.2 Å². The monoisotopic (exact) mass is 189 g/mol. The maximum absolute atomic E-state index is 11.0. The molecule has 0 bridgehead atoms. The number of thioether (sulfide) groups is 1. The van der Waals surface area contributed by atoms with Crippen molar-refractivity contribution in [2.24, 2.45) is 0 Å². The highest BCUT2D eigenvalue weighted by atomic mass is 32.2. The van der Waals surface area contributed by atoms with Crippen LogP contribution in [0.25, 0.3) is 0 Å². The number of rotatable bonds is 4. The van der Waals surface area contributed by atoms with E-state index < -0.39 is 0 Å². The highest BCUT2D eigenvalue weighted by Crippen LogP contribution is 1.99. The fourth-order valence-corrected chi connectivity index (χ4v) is 1.99. The first-order valence-electron chi connectivity index (χ1n) is 3.56. The lowest BCUT2D eigenvalue weighted by Crippen LogP contribution is -2.13. The van der Waals surface area contributed by atoms with Crippen molar-refractivity contribution in [3.63, 3.8) is 0 Å². The van der Waals surface area contributed by atoms with Gasteiger partial charge in [-0.05, 0) is 5.75 Å². The van der Waals surface area contributed by atoms with Gasteiger partial charge >= 0.3 is 4.87 Å². The van der Waals surface area contributed by atoms with Crippen LogP contribution >= 0.6 is 23.1 Å². The first-order valence-corrected chi connectivity index (χ1v) is 5.59. The summed E-state index contributed by atoms with van der Waals surface area (Å²) in [5.74, 6) is 2.16. The van der Waals surface area contributed by atoms with Gasteiger partial charge in [-0.3, -0.25) is 4.79 Å². The van der Waals surface area contributed by atoms with Crippen molar-refractivity contribution < 1.29 is 0 Å². The van der Waals surface area contributed by atoms with Gasteiger partial charge in [-0.15, -0.1) is 0 Å². The average molecular weight is 189 g/mol. The lowest BCUT2D eigenvalue weighted by atomic mass is 10.7. The molecule has 0 N–H and O–H groups in total. The van der Waals surface area contributed by atoms with Crippen molar-refractivity contribution in [1.29, 1.82) is 0 Å². The van der Waals surface area contributed by atoms with Crippen molar-refractivity contribution in [2.75, 3.05) is 11.5 Å². The van der Waals surface area contributed by atoms with Crippen molar-refractivity contribution in [3.8, 4) is 0 Å². The number of hydrogen-bond donors (Lipinski definition) is 0. The lowest BCUT2D eigenvalue weighted by molar-refractivity contribution is 0.758. The number of nitrogens with zero attached hydrogens (tertiary/aromatic N) is 1. The second kappa shape index (κ2) is 4.62. The highest BCUT2D eigenvalue weighted by Gasteiger charge is 1.94. The molecule has 62 valence electrons. The Hall–Kier alpha value is -0.220. The summed E-state index contributed by atoms with van der Waals surface area (Å²) < 4.78 is 1.76. The maximum atomic E-state index is 11.0. The molecule has 2 nitrogen and oxygen atoms in total. The second-order valence-electron chi connectivity index (χ2n) is 2.06. The second-order valence-corrected chi connectivity index (χ2v) is 4.31. The number of thiazole rings is 1. The molecule has 0 aliphatic heterocycles. The zero-order valence-corrected chi connectivity index (χ0v) is 8.08. The topological polar surface area (TPSA) is 22.0 Å². The van der Waals surface area contributed by atoms with Crippen LogP contribution < -0.4 is 4.87 Å².